The van der Waals surface area contributed by atoms with Crippen LogP contribution in [0.5, 0.6) is 11.5 Å². The maximum absolute atomic E-state index is 14.4. The molecule has 1 aliphatic carbocycles. The van der Waals surface area contributed by atoms with Gasteiger partial charge in [0.05, 0.1) is 44.1 Å². The van der Waals surface area contributed by atoms with Crippen LogP contribution in [0.4, 0.5) is 4.39 Å². The van der Waals surface area contributed by atoms with Gasteiger partial charge in [-0.15, -0.1) is 11.8 Å². The zero-order chi connectivity index (χ0) is 32.6. The summed E-state index contributed by atoms with van der Waals surface area (Å²) in [5, 5.41) is 2.87. The Morgan fingerprint density at radius 2 is 1.78 bits per heavy atom. The second kappa shape index (κ2) is 15.5. The molecule has 0 radical (unpaired) electrons. The van der Waals surface area contributed by atoms with Crippen molar-refractivity contribution in [3.8, 4) is 11.5 Å². The smallest absolute Gasteiger partial charge is 0.316 e. The van der Waals surface area contributed by atoms with E-state index in [9.17, 15) is 14.0 Å². The van der Waals surface area contributed by atoms with Gasteiger partial charge in [0.25, 0.3) is 0 Å². The molecule has 2 heterocycles. The van der Waals surface area contributed by atoms with E-state index in [0.717, 1.165) is 60.6 Å². The summed E-state index contributed by atoms with van der Waals surface area (Å²) in [6, 6.07) is 11.9. The Labute approximate surface area is 273 Å². The molecule has 2 aromatic carbocycles. The van der Waals surface area contributed by atoms with E-state index in [0.29, 0.717) is 34.3 Å². The molecule has 0 atom stereocenters. The number of fused-ring (bicyclic) bond motifs is 1. The molecule has 0 saturated carbocycles. The number of benzene rings is 2. The molecule has 0 bridgehead atoms. The highest BCUT2D eigenvalue weighted by Crippen LogP contribution is 2.45. The van der Waals surface area contributed by atoms with E-state index in [2.05, 4.69) is 22.2 Å². The second-order valence-corrected chi connectivity index (χ2v) is 12.3. The molecule has 1 amide bonds. The van der Waals surface area contributed by atoms with Gasteiger partial charge in [-0.3, -0.25) is 14.5 Å². The molecular weight excluding hydrogens is 609 g/mol. The number of rotatable bonds is 13. The number of methoxy groups -OCH3 is 2. The van der Waals surface area contributed by atoms with E-state index in [1.807, 2.05) is 25.1 Å². The van der Waals surface area contributed by atoms with Crippen LogP contribution in [0.25, 0.3) is 17.2 Å². The summed E-state index contributed by atoms with van der Waals surface area (Å²) in [7, 11) is 5.25. The Morgan fingerprint density at radius 3 is 2.46 bits per heavy atom. The second-order valence-electron chi connectivity index (χ2n) is 11.3. The van der Waals surface area contributed by atoms with Crippen molar-refractivity contribution in [1.29, 1.82) is 0 Å². The highest BCUT2D eigenvalue weighted by molar-refractivity contribution is 8.00. The van der Waals surface area contributed by atoms with Crippen molar-refractivity contribution in [1.82, 2.24) is 15.1 Å². The lowest BCUT2D eigenvalue weighted by atomic mass is 10.0. The fourth-order valence-corrected chi connectivity index (χ4v) is 6.54. The van der Waals surface area contributed by atoms with Gasteiger partial charge in [0.15, 0.2) is 0 Å². The summed E-state index contributed by atoms with van der Waals surface area (Å²) >= 11 is 1.30. The maximum Gasteiger partial charge on any atom is 0.316 e. The van der Waals surface area contributed by atoms with Crippen LogP contribution >= 0.6 is 11.8 Å². The number of carbonyl (C=O) groups excluding carboxylic acids is 2. The van der Waals surface area contributed by atoms with Gasteiger partial charge in [0, 0.05) is 32.7 Å². The minimum absolute atomic E-state index is 0.0913. The first-order valence-electron chi connectivity index (χ1n) is 15.2. The lowest BCUT2D eigenvalue weighted by Crippen LogP contribution is -2.45. The van der Waals surface area contributed by atoms with Crippen molar-refractivity contribution in [2.75, 3.05) is 66.4 Å². The first-order chi connectivity index (χ1) is 22.2. The van der Waals surface area contributed by atoms with Crippen molar-refractivity contribution in [3.63, 3.8) is 0 Å². The Bertz CT molecular complexity index is 1590. The molecule has 1 aliphatic heterocycles. The zero-order valence-corrected chi connectivity index (χ0v) is 27.5. The number of nitrogens with one attached hydrogen (secondary N) is 1. The molecule has 244 valence electrons. The van der Waals surface area contributed by atoms with Crippen LogP contribution in [0.2, 0.25) is 0 Å². The van der Waals surface area contributed by atoms with Gasteiger partial charge in [0.2, 0.25) is 5.91 Å². The Morgan fingerprint density at radius 1 is 1.04 bits per heavy atom. The van der Waals surface area contributed by atoms with Crippen LogP contribution < -0.4 is 14.8 Å². The van der Waals surface area contributed by atoms with E-state index < -0.39 is 0 Å². The first-order valence-corrected chi connectivity index (χ1v) is 16.2. The molecule has 9 nitrogen and oxygen atoms in total. The third kappa shape index (κ3) is 8.20. The average Bonchev–Trinajstić information content (AvgIpc) is 3.66. The number of esters is 1. The van der Waals surface area contributed by atoms with E-state index in [4.69, 9.17) is 18.6 Å². The highest BCUT2D eigenvalue weighted by atomic mass is 32.2. The van der Waals surface area contributed by atoms with Crippen molar-refractivity contribution in [3.05, 3.63) is 82.6 Å². The van der Waals surface area contributed by atoms with Crippen molar-refractivity contribution in [2.24, 2.45) is 0 Å². The lowest BCUT2D eigenvalue weighted by molar-refractivity contribution is -0.140. The summed E-state index contributed by atoms with van der Waals surface area (Å²) in [4.78, 5) is 30.7. The number of halogens is 1. The average molecular weight is 650 g/mol. The van der Waals surface area contributed by atoms with E-state index >= 15 is 0 Å². The fourth-order valence-electron chi connectivity index (χ4n) is 5.63. The molecule has 2 aliphatic rings. The molecule has 5 rings (SSSR count). The normalized spacial score (nSPS) is 16.1. The number of amides is 1. The van der Waals surface area contributed by atoms with Crippen molar-refractivity contribution in [2.45, 2.75) is 24.8 Å². The van der Waals surface area contributed by atoms with Crippen LogP contribution in [0, 0.1) is 5.82 Å². The third-order valence-electron chi connectivity index (χ3n) is 8.23. The number of ether oxygens (including phenoxy) is 3. The molecule has 1 saturated heterocycles. The predicted octanol–water partition coefficient (Wildman–Crippen LogP) is 5.35. The number of thioether (sulfide) groups is 1. The molecule has 1 N–H and O–H groups in total. The number of carbonyl (C=O) groups is 2. The number of likely N-dealkylation sites (N-methyl/N-ethyl adjacent to an activating group) is 1. The SMILES string of the molecule is COc1cc(/C=C2/C(C)=C(CC(=O)NCc3ccco3)c3cc(F)ccc32)cc(OC)c1SCC(=O)OCCN1CCN(C)CC1. The summed E-state index contributed by atoms with van der Waals surface area (Å²) in [6.07, 6.45) is 3.63. The van der Waals surface area contributed by atoms with Gasteiger partial charge >= 0.3 is 5.97 Å². The third-order valence-corrected chi connectivity index (χ3v) is 9.30. The van der Waals surface area contributed by atoms with Crippen LogP contribution in [-0.2, 0) is 20.9 Å². The summed E-state index contributed by atoms with van der Waals surface area (Å²) in [6.45, 7) is 7.27. The predicted molar refractivity (Wildman–Crippen MR) is 177 cm³/mol. The lowest BCUT2D eigenvalue weighted by Gasteiger charge is -2.32. The van der Waals surface area contributed by atoms with Crippen LogP contribution in [0.15, 0.2) is 63.6 Å². The summed E-state index contributed by atoms with van der Waals surface area (Å²) in [5.74, 6) is 1.01. The number of hydrogen-bond acceptors (Lipinski definition) is 9. The van der Waals surface area contributed by atoms with Gasteiger partial charge in [-0.2, -0.15) is 0 Å². The Kier molecular flexibility index (Phi) is 11.2. The topological polar surface area (TPSA) is 93.5 Å². The minimum atomic E-state index is -0.371. The van der Waals surface area contributed by atoms with E-state index in [1.54, 1.807) is 38.7 Å². The number of hydrogen-bond donors (Lipinski definition) is 1. The standard InChI is InChI=1S/C35H40FN3O6S/c1-23-28(27-8-7-25(36)19-30(27)29(23)20-33(40)37-21-26-6-5-14-44-26)16-24-17-31(42-3)35(32(18-24)43-4)46-22-34(41)45-15-13-39-11-9-38(2)10-12-39/h5-8,14,16-19H,9-13,15,20-22H2,1-4H3,(H,37,40)/b28-16-. The van der Waals surface area contributed by atoms with Crippen LogP contribution in [0.1, 0.15) is 35.8 Å². The number of nitrogens with zero attached hydrogens (tertiary/aromatic N) is 2. The molecule has 46 heavy (non-hydrogen) atoms. The minimum Gasteiger partial charge on any atom is -0.495 e. The van der Waals surface area contributed by atoms with Gasteiger partial charge in [0.1, 0.15) is 29.7 Å². The molecule has 3 aromatic rings. The monoisotopic (exact) mass is 649 g/mol. The number of furan rings is 1. The summed E-state index contributed by atoms with van der Waals surface area (Å²) in [5.41, 5.74) is 4.83. The van der Waals surface area contributed by atoms with Crippen molar-refractivity contribution < 1.29 is 32.6 Å². The summed E-state index contributed by atoms with van der Waals surface area (Å²) < 4.78 is 36.7. The quantitative estimate of drug-likeness (QED) is 0.194. The van der Waals surface area contributed by atoms with Gasteiger partial charge in [-0.25, -0.2) is 4.39 Å². The highest BCUT2D eigenvalue weighted by Gasteiger charge is 2.26. The van der Waals surface area contributed by atoms with Crippen molar-refractivity contribution >= 4 is 40.9 Å². The van der Waals surface area contributed by atoms with E-state index in [-0.39, 0.29) is 36.4 Å². The van der Waals surface area contributed by atoms with Gasteiger partial charge in [-0.1, -0.05) is 6.07 Å². The zero-order valence-electron chi connectivity index (χ0n) is 26.7. The maximum atomic E-state index is 14.4. The number of allylic oxidation sites excluding steroid dienone is 2. The molecule has 0 unspecified atom stereocenters. The molecule has 0 spiro atoms. The van der Waals surface area contributed by atoms with Crippen LogP contribution in [0.3, 0.4) is 0 Å². The fraction of sp³-hybridized carbons (Fsp3) is 0.371. The Hall–Kier alpha value is -4.06. The molecule has 1 aromatic heterocycles. The molecule has 1 fully saturated rings. The first kappa shape index (κ1) is 33.3. The van der Waals surface area contributed by atoms with Crippen LogP contribution in [-0.4, -0.2) is 88.0 Å². The van der Waals surface area contributed by atoms with Gasteiger partial charge < -0.3 is 28.8 Å². The van der Waals surface area contributed by atoms with E-state index in [1.165, 1.54) is 23.9 Å². The molecule has 11 heteroatoms. The number of piperazine rings is 1. The Balaban J connectivity index is 1.30. The van der Waals surface area contributed by atoms with Gasteiger partial charge in [-0.05, 0) is 89.9 Å². The largest absolute Gasteiger partial charge is 0.495 e. The molecular formula is C35H40FN3O6S.